The lowest BCUT2D eigenvalue weighted by molar-refractivity contribution is 0.0988. The summed E-state index contributed by atoms with van der Waals surface area (Å²) >= 11 is 3.53. The van der Waals surface area contributed by atoms with E-state index in [1.807, 2.05) is 47.6 Å². The fraction of sp³-hybridized carbons (Fsp3) is 0.435. The van der Waals surface area contributed by atoms with Crippen LogP contribution >= 0.6 is 15.9 Å². The van der Waals surface area contributed by atoms with Gasteiger partial charge in [0.2, 0.25) is 5.75 Å². The van der Waals surface area contributed by atoms with E-state index in [4.69, 9.17) is 14.2 Å². The highest BCUT2D eigenvalue weighted by Gasteiger charge is 2.28. The quantitative estimate of drug-likeness (QED) is 0.360. The first kappa shape index (κ1) is 23.1. The Morgan fingerprint density at radius 2 is 1.31 bits per heavy atom. The number of carbonyl (C=O) groups excluding carboxylic acids is 1. The third-order valence-corrected chi connectivity index (χ3v) is 4.74. The zero-order valence-electron chi connectivity index (χ0n) is 17.7. The molecule has 2 rings (SSSR count). The van der Waals surface area contributed by atoms with Crippen molar-refractivity contribution in [2.75, 3.05) is 0 Å². The number of phenolic OH excluding ortho intramolecular Hbond substituents is 1. The highest BCUT2D eigenvalue weighted by molar-refractivity contribution is 9.09. The van der Waals surface area contributed by atoms with Gasteiger partial charge in [0.25, 0.3) is 0 Å². The molecule has 29 heavy (non-hydrogen) atoms. The molecule has 2 aromatic carbocycles. The Bertz CT molecular complexity index is 828. The smallest absolute Gasteiger partial charge is 0.204 e. The molecule has 0 saturated heterocycles. The summed E-state index contributed by atoms with van der Waals surface area (Å²) in [6, 6.07) is 9.79. The lowest BCUT2D eigenvalue weighted by Gasteiger charge is -2.24. The first-order chi connectivity index (χ1) is 13.6. The largest absolute Gasteiger partial charge is 0.508 e. The molecule has 0 saturated carbocycles. The number of rotatable bonds is 9. The van der Waals surface area contributed by atoms with Gasteiger partial charge in [-0.15, -0.1) is 0 Å². The van der Waals surface area contributed by atoms with Gasteiger partial charge in [-0.2, -0.15) is 0 Å². The van der Waals surface area contributed by atoms with Gasteiger partial charge < -0.3 is 19.3 Å². The van der Waals surface area contributed by atoms with Crippen molar-refractivity contribution in [3.05, 3.63) is 47.5 Å². The molecule has 6 heteroatoms. The van der Waals surface area contributed by atoms with Crippen molar-refractivity contribution in [1.82, 2.24) is 0 Å². The van der Waals surface area contributed by atoms with E-state index in [0.717, 1.165) is 0 Å². The number of hydrogen-bond donors (Lipinski definition) is 1. The van der Waals surface area contributed by atoms with Gasteiger partial charge in [-0.3, -0.25) is 4.79 Å². The number of benzene rings is 2. The molecule has 158 valence electrons. The molecular formula is C23H29BrO5. The van der Waals surface area contributed by atoms with E-state index in [2.05, 4.69) is 15.9 Å². The van der Waals surface area contributed by atoms with Crippen LogP contribution in [0.3, 0.4) is 0 Å². The van der Waals surface area contributed by atoms with Crippen molar-refractivity contribution < 1.29 is 24.1 Å². The van der Waals surface area contributed by atoms with Crippen molar-refractivity contribution >= 4 is 21.7 Å². The molecule has 1 N–H and O–H groups in total. The molecule has 2 aromatic rings. The molecule has 0 amide bonds. The fourth-order valence-electron chi connectivity index (χ4n) is 2.72. The van der Waals surface area contributed by atoms with Crippen molar-refractivity contribution in [3.8, 4) is 23.0 Å². The van der Waals surface area contributed by atoms with E-state index in [1.54, 1.807) is 18.2 Å². The predicted molar refractivity (Wildman–Crippen MR) is 118 cm³/mol. The first-order valence-electron chi connectivity index (χ1n) is 9.74. The average Bonchev–Trinajstić information content (AvgIpc) is 2.63. The lowest BCUT2D eigenvalue weighted by Crippen LogP contribution is -2.17. The van der Waals surface area contributed by atoms with Crippen LogP contribution < -0.4 is 14.2 Å². The summed E-state index contributed by atoms with van der Waals surface area (Å²) in [6.45, 7) is 11.6. The summed E-state index contributed by atoms with van der Waals surface area (Å²) in [5.41, 5.74) is 1.14. The van der Waals surface area contributed by atoms with E-state index < -0.39 is 4.83 Å². The van der Waals surface area contributed by atoms with Gasteiger partial charge in [0, 0.05) is 11.1 Å². The Balaban J connectivity index is 2.56. The Labute approximate surface area is 181 Å². The summed E-state index contributed by atoms with van der Waals surface area (Å²) in [5, 5.41) is 9.49. The van der Waals surface area contributed by atoms with E-state index in [1.165, 1.54) is 12.1 Å². The second-order valence-corrected chi connectivity index (χ2v) is 8.50. The molecule has 0 spiro atoms. The van der Waals surface area contributed by atoms with Gasteiger partial charge in [-0.05, 0) is 77.9 Å². The van der Waals surface area contributed by atoms with E-state index >= 15 is 0 Å². The zero-order valence-corrected chi connectivity index (χ0v) is 19.3. The number of phenols is 1. The van der Waals surface area contributed by atoms with Gasteiger partial charge in [0.1, 0.15) is 10.6 Å². The number of aromatic hydroxyl groups is 1. The van der Waals surface area contributed by atoms with Crippen molar-refractivity contribution in [2.24, 2.45) is 0 Å². The minimum Gasteiger partial charge on any atom is -0.508 e. The van der Waals surface area contributed by atoms with Crippen LogP contribution in [0.1, 0.15) is 62.3 Å². The number of hydrogen-bond acceptors (Lipinski definition) is 5. The van der Waals surface area contributed by atoms with Gasteiger partial charge in [0.05, 0.1) is 18.3 Å². The van der Waals surface area contributed by atoms with Crippen LogP contribution in [0.4, 0.5) is 0 Å². The summed E-state index contributed by atoms with van der Waals surface area (Å²) in [4.78, 5) is 12.4. The molecule has 1 unspecified atom stereocenters. The molecule has 0 aliphatic heterocycles. The molecule has 0 bridgehead atoms. The predicted octanol–water partition coefficient (Wildman–Crippen LogP) is 6.07. The lowest BCUT2D eigenvalue weighted by atomic mass is 10.0. The Morgan fingerprint density at radius 1 is 0.793 bits per heavy atom. The summed E-state index contributed by atoms with van der Waals surface area (Å²) in [7, 11) is 0. The molecule has 5 nitrogen and oxygen atoms in total. The number of ether oxygens (including phenoxy) is 3. The van der Waals surface area contributed by atoms with Crippen LogP contribution in [-0.2, 0) is 0 Å². The Kier molecular flexibility index (Phi) is 7.96. The first-order valence-corrected chi connectivity index (χ1v) is 10.7. The number of carbonyl (C=O) groups is 1. The van der Waals surface area contributed by atoms with Crippen LogP contribution in [0.2, 0.25) is 0 Å². The van der Waals surface area contributed by atoms with E-state index in [9.17, 15) is 9.90 Å². The third kappa shape index (κ3) is 6.13. The minimum atomic E-state index is -0.650. The molecule has 0 fully saturated rings. The van der Waals surface area contributed by atoms with Crippen LogP contribution in [-0.4, -0.2) is 29.2 Å². The van der Waals surface area contributed by atoms with E-state index in [-0.39, 0.29) is 29.8 Å². The Morgan fingerprint density at radius 3 is 1.83 bits per heavy atom. The normalized spacial score (nSPS) is 12.3. The summed E-state index contributed by atoms with van der Waals surface area (Å²) in [6.07, 6.45) is -0.266. The van der Waals surface area contributed by atoms with Crippen LogP contribution in [0.25, 0.3) is 0 Å². The molecule has 0 aliphatic carbocycles. The molecule has 0 heterocycles. The minimum absolute atomic E-state index is 0.0411. The fourth-order valence-corrected chi connectivity index (χ4v) is 3.35. The third-order valence-electron chi connectivity index (χ3n) is 3.83. The molecule has 0 aliphatic rings. The number of halogens is 1. The zero-order chi connectivity index (χ0) is 21.7. The van der Waals surface area contributed by atoms with Crippen LogP contribution in [0.5, 0.6) is 23.0 Å². The van der Waals surface area contributed by atoms with Crippen molar-refractivity contribution in [1.29, 1.82) is 0 Å². The van der Waals surface area contributed by atoms with Crippen molar-refractivity contribution in [3.63, 3.8) is 0 Å². The van der Waals surface area contributed by atoms with Crippen molar-refractivity contribution in [2.45, 2.75) is 64.7 Å². The highest BCUT2D eigenvalue weighted by atomic mass is 79.9. The molecule has 0 aromatic heterocycles. The maximum absolute atomic E-state index is 13.0. The molecule has 1 atom stereocenters. The number of Topliss-reactive ketones (excluding diaryl/α,β-unsaturated/α-hetero) is 1. The second kappa shape index (κ2) is 10.0. The second-order valence-electron chi connectivity index (χ2n) is 7.58. The SMILES string of the molecule is CC(C)Oc1ccc(C(Br)C(=O)c2ccc(O)cc2)c(OC(C)C)c1OC(C)C. The molecular weight excluding hydrogens is 436 g/mol. The van der Waals surface area contributed by atoms with Crippen LogP contribution in [0, 0.1) is 0 Å². The highest BCUT2D eigenvalue weighted by Crippen LogP contribution is 2.46. The van der Waals surface area contributed by atoms with Gasteiger partial charge in [0.15, 0.2) is 17.3 Å². The van der Waals surface area contributed by atoms with Crippen LogP contribution in [0.15, 0.2) is 36.4 Å². The monoisotopic (exact) mass is 464 g/mol. The average molecular weight is 465 g/mol. The van der Waals surface area contributed by atoms with Gasteiger partial charge in [-0.25, -0.2) is 0 Å². The van der Waals surface area contributed by atoms with E-state index in [0.29, 0.717) is 28.4 Å². The Hall–Kier alpha value is -2.21. The maximum Gasteiger partial charge on any atom is 0.204 e. The summed E-state index contributed by atoms with van der Waals surface area (Å²) in [5.74, 6) is 1.51. The topological polar surface area (TPSA) is 65.0 Å². The maximum atomic E-state index is 13.0. The standard InChI is InChI=1S/C23H29BrO5/c1-13(2)27-19-12-11-18(22(28-14(3)4)23(19)29-15(5)6)20(24)21(26)16-7-9-17(25)10-8-16/h7-15,20,25H,1-6H3. The van der Waals surface area contributed by atoms with Gasteiger partial charge >= 0.3 is 0 Å². The number of ketones is 1. The number of alkyl halides is 1. The summed E-state index contributed by atoms with van der Waals surface area (Å²) < 4.78 is 18.1. The van der Waals surface area contributed by atoms with Gasteiger partial charge in [-0.1, -0.05) is 15.9 Å². The molecule has 0 radical (unpaired) electrons.